The van der Waals surface area contributed by atoms with Crippen LogP contribution in [0.3, 0.4) is 0 Å². The van der Waals surface area contributed by atoms with Crippen LogP contribution in [0.15, 0.2) is 46.3 Å². The van der Waals surface area contributed by atoms with E-state index in [0.29, 0.717) is 0 Å². The first-order chi connectivity index (χ1) is 10.2. The molecule has 0 spiro atoms. The summed E-state index contributed by atoms with van der Waals surface area (Å²) < 4.78 is 5.01. The van der Waals surface area contributed by atoms with Gasteiger partial charge in [0.15, 0.2) is 0 Å². The van der Waals surface area contributed by atoms with Crippen molar-refractivity contribution in [1.29, 1.82) is 0 Å². The van der Waals surface area contributed by atoms with Gasteiger partial charge in [0.05, 0.1) is 6.61 Å². The number of hydrogen-bond donors (Lipinski definition) is 1. The Labute approximate surface area is 131 Å². The molecule has 3 nitrogen and oxygen atoms in total. The van der Waals surface area contributed by atoms with Gasteiger partial charge in [-0.1, -0.05) is 23.9 Å². The number of hydrogen-bond acceptors (Lipinski definition) is 4. The fraction of sp³-hybridized carbons (Fsp3) is 0.353. The minimum Gasteiger partial charge on any atom is -0.383 e. The van der Waals surface area contributed by atoms with Crippen molar-refractivity contribution in [2.45, 2.75) is 30.3 Å². The Bertz CT molecular complexity index is 549. The Kier molecular flexibility index (Phi) is 6.23. The molecule has 0 fully saturated rings. The van der Waals surface area contributed by atoms with Crippen LogP contribution in [-0.4, -0.2) is 25.2 Å². The largest absolute Gasteiger partial charge is 0.383 e. The summed E-state index contributed by atoms with van der Waals surface area (Å²) in [6.07, 6.45) is 0. The predicted octanol–water partition coefficient (Wildman–Crippen LogP) is 3.59. The zero-order valence-corrected chi connectivity index (χ0v) is 13.7. The number of aromatic nitrogens is 1. The Morgan fingerprint density at radius 2 is 1.90 bits per heavy atom. The number of benzene rings is 1. The molecule has 2 rings (SSSR count). The van der Waals surface area contributed by atoms with Gasteiger partial charge in [-0.15, -0.1) is 0 Å². The lowest BCUT2D eigenvalue weighted by atomic mass is 10.2. The molecule has 0 aliphatic carbocycles. The van der Waals surface area contributed by atoms with Crippen LogP contribution >= 0.6 is 11.8 Å². The lowest BCUT2D eigenvalue weighted by Gasteiger charge is -2.06. The summed E-state index contributed by atoms with van der Waals surface area (Å²) in [7, 11) is 1.72. The SMILES string of the molecule is COCCNCc1ccc(Sc2cc(C)cc(C)n2)cc1. The van der Waals surface area contributed by atoms with Gasteiger partial charge < -0.3 is 10.1 Å². The Morgan fingerprint density at radius 3 is 2.57 bits per heavy atom. The minimum atomic E-state index is 0.742. The summed E-state index contributed by atoms with van der Waals surface area (Å²) in [6.45, 7) is 6.63. The van der Waals surface area contributed by atoms with Gasteiger partial charge in [-0.25, -0.2) is 4.98 Å². The molecule has 0 aliphatic rings. The Morgan fingerprint density at radius 1 is 1.14 bits per heavy atom. The van der Waals surface area contributed by atoms with E-state index >= 15 is 0 Å². The van der Waals surface area contributed by atoms with Gasteiger partial charge >= 0.3 is 0 Å². The highest BCUT2D eigenvalue weighted by Crippen LogP contribution is 2.27. The predicted molar refractivity (Wildman–Crippen MR) is 87.9 cm³/mol. The van der Waals surface area contributed by atoms with Crippen LogP contribution in [-0.2, 0) is 11.3 Å². The van der Waals surface area contributed by atoms with Crippen LogP contribution < -0.4 is 5.32 Å². The monoisotopic (exact) mass is 302 g/mol. The molecule has 21 heavy (non-hydrogen) atoms. The van der Waals surface area contributed by atoms with Crippen LogP contribution in [0, 0.1) is 13.8 Å². The van der Waals surface area contributed by atoms with Gasteiger partial charge in [0, 0.05) is 30.8 Å². The van der Waals surface area contributed by atoms with E-state index in [1.807, 2.05) is 6.92 Å². The van der Waals surface area contributed by atoms with Gasteiger partial charge in [-0.2, -0.15) is 0 Å². The van der Waals surface area contributed by atoms with Crippen LogP contribution in [0.1, 0.15) is 16.8 Å². The highest BCUT2D eigenvalue weighted by atomic mass is 32.2. The summed E-state index contributed by atoms with van der Waals surface area (Å²) in [4.78, 5) is 5.77. The average molecular weight is 302 g/mol. The molecule has 4 heteroatoms. The molecule has 1 aromatic heterocycles. The van der Waals surface area contributed by atoms with E-state index in [4.69, 9.17) is 4.74 Å². The lowest BCUT2D eigenvalue weighted by Crippen LogP contribution is -2.18. The number of methoxy groups -OCH3 is 1. The molecule has 0 aliphatic heterocycles. The lowest BCUT2D eigenvalue weighted by molar-refractivity contribution is 0.199. The molecule has 0 atom stereocenters. The summed E-state index contributed by atoms with van der Waals surface area (Å²) in [5.41, 5.74) is 3.60. The third kappa shape index (κ3) is 5.50. The summed E-state index contributed by atoms with van der Waals surface area (Å²) >= 11 is 1.71. The summed E-state index contributed by atoms with van der Waals surface area (Å²) in [6, 6.07) is 12.8. The van der Waals surface area contributed by atoms with Gasteiger partial charge in [0.1, 0.15) is 5.03 Å². The molecule has 0 unspecified atom stereocenters. The van der Waals surface area contributed by atoms with Crippen LogP contribution in [0.25, 0.3) is 0 Å². The molecule has 0 saturated heterocycles. The molecule has 0 saturated carbocycles. The molecule has 1 N–H and O–H groups in total. The van der Waals surface area contributed by atoms with Crippen molar-refractivity contribution >= 4 is 11.8 Å². The van der Waals surface area contributed by atoms with Crippen LogP contribution in [0.4, 0.5) is 0 Å². The van der Waals surface area contributed by atoms with Gasteiger partial charge in [0.25, 0.3) is 0 Å². The van der Waals surface area contributed by atoms with Gasteiger partial charge in [-0.3, -0.25) is 0 Å². The van der Waals surface area contributed by atoms with Gasteiger partial charge in [0.2, 0.25) is 0 Å². The van der Waals surface area contributed by atoms with Crippen molar-refractivity contribution < 1.29 is 4.74 Å². The summed E-state index contributed by atoms with van der Waals surface area (Å²) in [5.74, 6) is 0. The van der Waals surface area contributed by atoms with E-state index < -0.39 is 0 Å². The van der Waals surface area contributed by atoms with E-state index in [1.165, 1.54) is 16.0 Å². The van der Waals surface area contributed by atoms with E-state index in [0.717, 1.165) is 30.4 Å². The number of nitrogens with one attached hydrogen (secondary N) is 1. The second-order valence-electron chi connectivity index (χ2n) is 5.04. The van der Waals surface area contributed by atoms with Crippen molar-refractivity contribution in [2.24, 2.45) is 0 Å². The maximum Gasteiger partial charge on any atom is 0.101 e. The van der Waals surface area contributed by atoms with Crippen molar-refractivity contribution in [3.05, 3.63) is 53.2 Å². The average Bonchev–Trinajstić information content (AvgIpc) is 2.44. The Hall–Kier alpha value is -1.36. The normalized spacial score (nSPS) is 10.8. The zero-order valence-electron chi connectivity index (χ0n) is 12.8. The first-order valence-electron chi connectivity index (χ1n) is 7.09. The molecule has 0 radical (unpaired) electrons. The highest BCUT2D eigenvalue weighted by molar-refractivity contribution is 7.99. The first kappa shape index (κ1) is 16.0. The standard InChI is InChI=1S/C17H22N2OS/c1-13-10-14(2)19-17(11-13)21-16-6-4-15(5-7-16)12-18-8-9-20-3/h4-7,10-11,18H,8-9,12H2,1-3H3. The Balaban J connectivity index is 1.92. The number of aryl methyl sites for hydroxylation is 2. The number of ether oxygens (including phenoxy) is 1. The number of pyridine rings is 1. The third-order valence-corrected chi connectivity index (χ3v) is 3.96. The van der Waals surface area contributed by atoms with Crippen LogP contribution in [0.5, 0.6) is 0 Å². The van der Waals surface area contributed by atoms with Crippen molar-refractivity contribution in [2.75, 3.05) is 20.3 Å². The molecule has 0 amide bonds. The molecule has 0 bridgehead atoms. The molecule has 2 aromatic rings. The van der Waals surface area contributed by atoms with E-state index in [1.54, 1.807) is 18.9 Å². The van der Waals surface area contributed by atoms with Gasteiger partial charge in [-0.05, 0) is 49.2 Å². The molecular formula is C17H22N2OS. The number of nitrogens with zero attached hydrogens (tertiary/aromatic N) is 1. The van der Waals surface area contributed by atoms with E-state index in [-0.39, 0.29) is 0 Å². The first-order valence-corrected chi connectivity index (χ1v) is 7.91. The van der Waals surface area contributed by atoms with Crippen LogP contribution in [0.2, 0.25) is 0 Å². The van der Waals surface area contributed by atoms with Crippen molar-refractivity contribution in [3.63, 3.8) is 0 Å². The quantitative estimate of drug-likeness (QED) is 0.793. The fourth-order valence-electron chi connectivity index (χ4n) is 2.06. The second kappa shape index (κ2) is 8.17. The molecule has 112 valence electrons. The summed E-state index contributed by atoms with van der Waals surface area (Å²) in [5, 5.41) is 4.40. The molecule has 1 heterocycles. The maximum absolute atomic E-state index is 5.01. The fourth-order valence-corrected chi connectivity index (χ4v) is 3.01. The topological polar surface area (TPSA) is 34.1 Å². The molecule has 1 aromatic carbocycles. The van der Waals surface area contributed by atoms with Crippen molar-refractivity contribution in [3.8, 4) is 0 Å². The van der Waals surface area contributed by atoms with E-state index in [2.05, 4.69) is 53.6 Å². The van der Waals surface area contributed by atoms with E-state index in [9.17, 15) is 0 Å². The third-order valence-electron chi connectivity index (χ3n) is 3.03. The van der Waals surface area contributed by atoms with Crippen molar-refractivity contribution in [1.82, 2.24) is 10.3 Å². The maximum atomic E-state index is 5.01. The second-order valence-corrected chi connectivity index (χ2v) is 6.13. The highest BCUT2D eigenvalue weighted by Gasteiger charge is 2.01. The zero-order chi connectivity index (χ0) is 15.1. The smallest absolute Gasteiger partial charge is 0.101 e. The minimum absolute atomic E-state index is 0.742. The number of rotatable bonds is 7. The molecular weight excluding hydrogens is 280 g/mol.